The lowest BCUT2D eigenvalue weighted by molar-refractivity contribution is -0.143. The Hall–Kier alpha value is -1.60. The summed E-state index contributed by atoms with van der Waals surface area (Å²) >= 11 is 0. The van der Waals surface area contributed by atoms with Crippen molar-refractivity contribution in [1.82, 2.24) is 4.72 Å². The molecule has 1 aromatic carbocycles. The van der Waals surface area contributed by atoms with Crippen LogP contribution in [0.1, 0.15) is 32.3 Å². The van der Waals surface area contributed by atoms with Gasteiger partial charge in [-0.05, 0) is 37.5 Å². The molecule has 7 heteroatoms. The summed E-state index contributed by atoms with van der Waals surface area (Å²) in [5, 5.41) is 0. The van der Waals surface area contributed by atoms with Gasteiger partial charge in [0.25, 0.3) is 0 Å². The molecule has 0 aliphatic carbocycles. The first-order chi connectivity index (χ1) is 9.90. The third-order valence-electron chi connectivity index (χ3n) is 2.92. The summed E-state index contributed by atoms with van der Waals surface area (Å²) in [4.78, 5) is 11.4. The smallest absolute Gasteiger partial charge is 0.305 e. The molecule has 118 valence electrons. The van der Waals surface area contributed by atoms with Gasteiger partial charge in [0.05, 0.1) is 11.5 Å². The van der Waals surface area contributed by atoms with Crippen molar-refractivity contribution >= 4 is 21.7 Å². The number of nitrogens with one attached hydrogen (secondary N) is 1. The Balaban J connectivity index is 2.66. The molecule has 0 aromatic heterocycles. The number of esters is 1. The maximum atomic E-state index is 12.3. The van der Waals surface area contributed by atoms with Crippen LogP contribution < -0.4 is 10.5 Å². The molecular weight excluding hydrogens is 292 g/mol. The number of sulfonamides is 1. The summed E-state index contributed by atoms with van der Waals surface area (Å²) in [7, 11) is -3.62. The van der Waals surface area contributed by atoms with E-state index in [1.54, 1.807) is 19.1 Å². The number of anilines is 1. The summed E-state index contributed by atoms with van der Waals surface area (Å²) < 4.78 is 31.8. The van der Waals surface area contributed by atoms with Gasteiger partial charge in [-0.1, -0.05) is 13.0 Å². The zero-order valence-corrected chi connectivity index (χ0v) is 13.2. The minimum absolute atomic E-state index is 0.180. The van der Waals surface area contributed by atoms with Gasteiger partial charge >= 0.3 is 5.97 Å². The number of aryl methyl sites for hydroxylation is 1. The van der Waals surface area contributed by atoms with Crippen molar-refractivity contribution in [2.75, 3.05) is 18.9 Å². The molecule has 0 heterocycles. The van der Waals surface area contributed by atoms with Crippen LogP contribution in [0.3, 0.4) is 0 Å². The fourth-order valence-electron chi connectivity index (χ4n) is 1.86. The quantitative estimate of drug-likeness (QED) is 0.430. The number of ether oxygens (including phenoxy) is 1. The lowest BCUT2D eigenvalue weighted by Crippen LogP contribution is -2.26. The van der Waals surface area contributed by atoms with Crippen LogP contribution in [0.5, 0.6) is 0 Å². The lowest BCUT2D eigenvalue weighted by atomic mass is 10.1. The molecule has 0 aliphatic rings. The number of nitrogen functional groups attached to an aromatic ring is 1. The van der Waals surface area contributed by atoms with Crippen molar-refractivity contribution < 1.29 is 17.9 Å². The van der Waals surface area contributed by atoms with E-state index in [9.17, 15) is 13.2 Å². The third-order valence-corrected chi connectivity index (χ3v) is 4.46. The van der Waals surface area contributed by atoms with Crippen LogP contribution in [0, 0.1) is 0 Å². The number of nitrogens with two attached hydrogens (primary N) is 1. The Kier molecular flexibility index (Phi) is 6.64. The molecule has 0 bridgehead atoms. The fraction of sp³-hybridized carbons (Fsp3) is 0.500. The van der Waals surface area contributed by atoms with Gasteiger partial charge in [0.15, 0.2) is 0 Å². The molecule has 1 rings (SSSR count). The van der Waals surface area contributed by atoms with Gasteiger partial charge in [-0.15, -0.1) is 0 Å². The normalized spacial score (nSPS) is 11.3. The van der Waals surface area contributed by atoms with Crippen LogP contribution in [-0.4, -0.2) is 27.5 Å². The molecule has 0 unspecified atom stereocenters. The second-order valence-corrected chi connectivity index (χ2v) is 6.26. The fourth-order valence-corrected chi connectivity index (χ4v) is 3.28. The molecule has 0 saturated heterocycles. The zero-order valence-electron chi connectivity index (χ0n) is 12.4. The maximum Gasteiger partial charge on any atom is 0.305 e. The van der Waals surface area contributed by atoms with Gasteiger partial charge in [-0.25, -0.2) is 13.1 Å². The minimum Gasteiger partial charge on any atom is -0.466 e. The highest BCUT2D eigenvalue weighted by molar-refractivity contribution is 7.89. The Morgan fingerprint density at radius 3 is 2.67 bits per heavy atom. The molecule has 6 nitrogen and oxygen atoms in total. The van der Waals surface area contributed by atoms with Gasteiger partial charge in [-0.2, -0.15) is 0 Å². The number of benzene rings is 1. The van der Waals surface area contributed by atoms with E-state index in [2.05, 4.69) is 4.72 Å². The first kappa shape index (κ1) is 17.5. The summed E-state index contributed by atoms with van der Waals surface area (Å²) in [5.74, 6) is -0.324. The Labute approximate surface area is 125 Å². The summed E-state index contributed by atoms with van der Waals surface area (Å²) in [6.45, 7) is 4.12. The van der Waals surface area contributed by atoms with E-state index in [-0.39, 0.29) is 23.8 Å². The maximum absolute atomic E-state index is 12.3. The van der Waals surface area contributed by atoms with Crippen LogP contribution >= 0.6 is 0 Å². The van der Waals surface area contributed by atoms with E-state index in [0.717, 1.165) is 0 Å². The first-order valence-corrected chi connectivity index (χ1v) is 8.42. The molecule has 0 fully saturated rings. The van der Waals surface area contributed by atoms with Crippen molar-refractivity contribution in [2.24, 2.45) is 0 Å². The molecule has 21 heavy (non-hydrogen) atoms. The highest BCUT2D eigenvalue weighted by atomic mass is 32.2. The van der Waals surface area contributed by atoms with E-state index in [1.165, 1.54) is 6.07 Å². The summed E-state index contributed by atoms with van der Waals surface area (Å²) in [6.07, 6.45) is 1.18. The molecule has 0 amide bonds. The predicted molar refractivity (Wildman–Crippen MR) is 81.3 cm³/mol. The average Bonchev–Trinajstić information content (AvgIpc) is 2.44. The molecular formula is C14H22N2O4S. The second-order valence-electron chi connectivity index (χ2n) is 4.53. The van der Waals surface area contributed by atoms with E-state index in [1.807, 2.05) is 6.92 Å². The summed E-state index contributed by atoms with van der Waals surface area (Å²) in [5.41, 5.74) is 6.77. The topological polar surface area (TPSA) is 98.5 Å². The van der Waals surface area contributed by atoms with Crippen LogP contribution in [0.4, 0.5) is 5.69 Å². The molecule has 0 saturated carbocycles. The molecule has 3 N–H and O–H groups in total. The summed E-state index contributed by atoms with van der Waals surface area (Å²) in [6, 6.07) is 4.84. The third kappa shape index (κ3) is 5.35. The van der Waals surface area contributed by atoms with Crippen LogP contribution in [-0.2, 0) is 26.0 Å². The van der Waals surface area contributed by atoms with Gasteiger partial charge in [0.1, 0.15) is 0 Å². The highest BCUT2D eigenvalue weighted by Gasteiger charge is 2.17. The monoisotopic (exact) mass is 314 g/mol. The Bertz CT molecular complexity index is 585. The van der Waals surface area contributed by atoms with Gasteiger partial charge in [-0.3, -0.25) is 4.79 Å². The molecule has 0 atom stereocenters. The highest BCUT2D eigenvalue weighted by Crippen LogP contribution is 2.19. The standard InChI is InChI=1S/C14H22N2O4S/c1-3-11-7-8-12(15)10-13(11)21(18,19)16-9-5-6-14(17)20-4-2/h7-8,10,16H,3-6,9,15H2,1-2H3. The number of carbonyl (C=O) groups excluding carboxylic acids is 1. The first-order valence-electron chi connectivity index (χ1n) is 6.94. The van der Waals surface area contributed by atoms with Crippen molar-refractivity contribution in [3.8, 4) is 0 Å². The van der Waals surface area contributed by atoms with Crippen molar-refractivity contribution in [3.63, 3.8) is 0 Å². The second kappa shape index (κ2) is 7.99. The van der Waals surface area contributed by atoms with Crippen LogP contribution in [0.2, 0.25) is 0 Å². The van der Waals surface area contributed by atoms with Crippen molar-refractivity contribution in [1.29, 1.82) is 0 Å². The van der Waals surface area contributed by atoms with Gasteiger partial charge in [0.2, 0.25) is 10.0 Å². The van der Waals surface area contributed by atoms with E-state index in [4.69, 9.17) is 10.5 Å². The van der Waals surface area contributed by atoms with Crippen LogP contribution in [0.25, 0.3) is 0 Å². The minimum atomic E-state index is -3.62. The largest absolute Gasteiger partial charge is 0.466 e. The van der Waals surface area contributed by atoms with E-state index in [0.29, 0.717) is 30.7 Å². The number of carbonyl (C=O) groups is 1. The van der Waals surface area contributed by atoms with Crippen LogP contribution in [0.15, 0.2) is 23.1 Å². The van der Waals surface area contributed by atoms with Crippen molar-refractivity contribution in [2.45, 2.75) is 38.0 Å². The molecule has 0 aliphatic heterocycles. The average molecular weight is 314 g/mol. The molecule has 0 spiro atoms. The lowest BCUT2D eigenvalue weighted by Gasteiger charge is -2.11. The number of hydrogen-bond donors (Lipinski definition) is 2. The van der Waals surface area contributed by atoms with Gasteiger partial charge < -0.3 is 10.5 Å². The predicted octanol–water partition coefficient (Wildman–Crippen LogP) is 1.45. The Morgan fingerprint density at radius 1 is 1.33 bits per heavy atom. The number of hydrogen-bond acceptors (Lipinski definition) is 5. The molecule has 1 aromatic rings. The zero-order chi connectivity index (χ0) is 15.9. The Morgan fingerprint density at radius 2 is 2.05 bits per heavy atom. The SMILES string of the molecule is CCOC(=O)CCCNS(=O)(=O)c1cc(N)ccc1CC. The van der Waals surface area contributed by atoms with E-state index < -0.39 is 10.0 Å². The number of rotatable bonds is 8. The van der Waals surface area contributed by atoms with Crippen molar-refractivity contribution in [3.05, 3.63) is 23.8 Å². The van der Waals surface area contributed by atoms with E-state index >= 15 is 0 Å². The van der Waals surface area contributed by atoms with Gasteiger partial charge in [0, 0.05) is 18.7 Å². The molecule has 0 radical (unpaired) electrons.